The van der Waals surface area contributed by atoms with E-state index in [1.165, 1.54) is 6.04 Å². The van der Waals surface area contributed by atoms with E-state index in [0.29, 0.717) is 12.6 Å². The molecule has 3 heterocycles. The molecule has 1 atom stereocenters. The van der Waals surface area contributed by atoms with Crippen molar-refractivity contribution in [2.75, 3.05) is 18.5 Å². The van der Waals surface area contributed by atoms with Gasteiger partial charge in [0.25, 0.3) is 0 Å². The molecule has 3 rings (SSSR count). The van der Waals surface area contributed by atoms with Crippen LogP contribution in [0, 0.1) is 0 Å². The molecule has 6 heteroatoms. The van der Waals surface area contributed by atoms with Gasteiger partial charge >= 0.3 is 0 Å². The lowest BCUT2D eigenvalue weighted by molar-refractivity contribution is 0.0898. The first-order valence-electron chi connectivity index (χ1n) is 7.90. The number of rotatable bonds is 5. The third-order valence-electron chi connectivity index (χ3n) is 3.82. The normalized spacial score (nSPS) is 17.9. The van der Waals surface area contributed by atoms with Crippen LogP contribution in [0.3, 0.4) is 0 Å². The number of fused-ring (bicyclic) bond motifs is 2. The van der Waals surface area contributed by atoms with Crippen molar-refractivity contribution in [1.29, 1.82) is 0 Å². The highest BCUT2D eigenvalue weighted by atomic mass is 28.3. The molecule has 0 fully saturated rings. The van der Waals surface area contributed by atoms with Gasteiger partial charge in [-0.15, -0.1) is 0 Å². The SMILES string of the molecule is C[C@H]1CNc2cc3ccn(COCC[Si](C)(C)C)c3nc2O1. The number of anilines is 1. The van der Waals surface area contributed by atoms with Crippen molar-refractivity contribution in [3.63, 3.8) is 0 Å². The Morgan fingerprint density at radius 3 is 3.05 bits per heavy atom. The second-order valence-corrected chi connectivity index (χ2v) is 12.8. The lowest BCUT2D eigenvalue weighted by Crippen LogP contribution is -2.28. The first kappa shape index (κ1) is 15.4. The van der Waals surface area contributed by atoms with Crippen LogP contribution in [0.2, 0.25) is 25.7 Å². The van der Waals surface area contributed by atoms with Crippen molar-refractivity contribution in [3.8, 4) is 5.88 Å². The minimum absolute atomic E-state index is 0.147. The Morgan fingerprint density at radius 1 is 1.45 bits per heavy atom. The minimum Gasteiger partial charge on any atom is -0.471 e. The molecule has 0 saturated heterocycles. The Hall–Kier alpha value is -1.53. The Balaban J connectivity index is 1.73. The second-order valence-electron chi connectivity index (χ2n) is 7.20. The molecule has 2 aromatic heterocycles. The molecular weight excluding hydrogens is 294 g/mol. The summed E-state index contributed by atoms with van der Waals surface area (Å²) in [5, 5.41) is 4.47. The highest BCUT2D eigenvalue weighted by molar-refractivity contribution is 6.76. The summed E-state index contributed by atoms with van der Waals surface area (Å²) >= 11 is 0. The van der Waals surface area contributed by atoms with E-state index < -0.39 is 8.07 Å². The fourth-order valence-electron chi connectivity index (χ4n) is 2.44. The maximum atomic E-state index is 5.83. The fourth-order valence-corrected chi connectivity index (χ4v) is 3.20. The van der Waals surface area contributed by atoms with Crippen LogP contribution in [-0.2, 0) is 11.5 Å². The number of ether oxygens (including phenoxy) is 2. The van der Waals surface area contributed by atoms with Crippen LogP contribution in [-0.4, -0.2) is 36.9 Å². The van der Waals surface area contributed by atoms with Gasteiger partial charge in [-0.1, -0.05) is 19.6 Å². The first-order valence-corrected chi connectivity index (χ1v) is 11.6. The van der Waals surface area contributed by atoms with E-state index in [1.807, 2.05) is 17.7 Å². The average molecular weight is 319 g/mol. The summed E-state index contributed by atoms with van der Waals surface area (Å²) in [7, 11) is -1.04. The lowest BCUT2D eigenvalue weighted by atomic mass is 10.2. The van der Waals surface area contributed by atoms with Crippen LogP contribution >= 0.6 is 0 Å². The summed E-state index contributed by atoms with van der Waals surface area (Å²) in [6.07, 6.45) is 2.18. The van der Waals surface area contributed by atoms with Gasteiger partial charge in [-0.05, 0) is 25.1 Å². The van der Waals surface area contributed by atoms with Crippen LogP contribution in [0.5, 0.6) is 5.88 Å². The minimum atomic E-state index is -1.04. The smallest absolute Gasteiger partial charge is 0.239 e. The summed E-state index contributed by atoms with van der Waals surface area (Å²) in [4.78, 5) is 4.66. The monoisotopic (exact) mass is 319 g/mol. The van der Waals surface area contributed by atoms with Crippen molar-refractivity contribution < 1.29 is 9.47 Å². The number of hydrogen-bond acceptors (Lipinski definition) is 4. The fraction of sp³-hybridized carbons (Fsp3) is 0.562. The van der Waals surface area contributed by atoms with Gasteiger partial charge in [0.05, 0.1) is 12.2 Å². The summed E-state index contributed by atoms with van der Waals surface area (Å²) in [5.41, 5.74) is 1.89. The number of pyridine rings is 1. The van der Waals surface area contributed by atoms with E-state index in [1.54, 1.807) is 0 Å². The standard InChI is InChI=1S/C16H25N3O2Si/c1-12-10-17-14-9-13-5-6-19(15(13)18-16(14)21-12)11-20-7-8-22(2,3)4/h5-6,9,12,17H,7-8,10-11H2,1-4H3/t12-/m0/s1. The van der Waals surface area contributed by atoms with Crippen molar-refractivity contribution in [2.45, 2.75) is 45.4 Å². The van der Waals surface area contributed by atoms with Gasteiger partial charge in [-0.3, -0.25) is 0 Å². The number of nitrogens with one attached hydrogen (secondary N) is 1. The van der Waals surface area contributed by atoms with Crippen LogP contribution in [0.25, 0.3) is 11.0 Å². The lowest BCUT2D eigenvalue weighted by Gasteiger charge is -2.23. The largest absolute Gasteiger partial charge is 0.471 e. The van der Waals surface area contributed by atoms with Crippen LogP contribution in [0.15, 0.2) is 18.3 Å². The van der Waals surface area contributed by atoms with Crippen molar-refractivity contribution in [2.24, 2.45) is 0 Å². The molecule has 2 aromatic rings. The number of hydrogen-bond donors (Lipinski definition) is 1. The van der Waals surface area contributed by atoms with Gasteiger partial charge < -0.3 is 19.4 Å². The van der Waals surface area contributed by atoms with Gasteiger partial charge in [0.15, 0.2) is 0 Å². The van der Waals surface area contributed by atoms with Gasteiger partial charge in [-0.2, -0.15) is 4.98 Å². The second kappa shape index (κ2) is 5.93. The molecule has 0 bridgehead atoms. The molecule has 0 spiro atoms. The van der Waals surface area contributed by atoms with Gasteiger partial charge in [0.1, 0.15) is 18.5 Å². The summed E-state index contributed by atoms with van der Waals surface area (Å²) in [6.45, 7) is 11.3. The Labute approximate surface area is 132 Å². The highest BCUT2D eigenvalue weighted by Crippen LogP contribution is 2.30. The number of aromatic nitrogens is 2. The molecule has 0 aliphatic carbocycles. The Kier molecular flexibility index (Phi) is 4.14. The van der Waals surface area contributed by atoms with E-state index in [-0.39, 0.29) is 6.10 Å². The predicted molar refractivity (Wildman–Crippen MR) is 92.4 cm³/mol. The molecule has 0 unspecified atom stereocenters. The van der Waals surface area contributed by atoms with Crippen LogP contribution in [0.1, 0.15) is 6.92 Å². The molecule has 0 saturated carbocycles. The highest BCUT2D eigenvalue weighted by Gasteiger charge is 2.19. The van der Waals surface area contributed by atoms with E-state index in [9.17, 15) is 0 Å². The zero-order valence-electron chi connectivity index (χ0n) is 13.8. The molecule has 0 radical (unpaired) electrons. The quantitative estimate of drug-likeness (QED) is 0.676. The average Bonchev–Trinajstić information content (AvgIpc) is 2.82. The molecule has 0 aromatic carbocycles. The molecule has 22 heavy (non-hydrogen) atoms. The van der Waals surface area contributed by atoms with Gasteiger partial charge in [-0.25, -0.2) is 0 Å². The molecule has 120 valence electrons. The van der Waals surface area contributed by atoms with Crippen molar-refractivity contribution >= 4 is 24.8 Å². The van der Waals surface area contributed by atoms with E-state index >= 15 is 0 Å². The van der Waals surface area contributed by atoms with Crippen molar-refractivity contribution in [1.82, 2.24) is 9.55 Å². The topological polar surface area (TPSA) is 48.3 Å². The summed E-state index contributed by atoms with van der Waals surface area (Å²) < 4.78 is 13.7. The summed E-state index contributed by atoms with van der Waals surface area (Å²) in [6, 6.07) is 5.35. The zero-order chi connectivity index (χ0) is 15.7. The number of nitrogens with zero attached hydrogens (tertiary/aromatic N) is 2. The maximum absolute atomic E-state index is 5.83. The molecule has 1 aliphatic heterocycles. The third kappa shape index (κ3) is 3.44. The van der Waals surface area contributed by atoms with Crippen LogP contribution in [0.4, 0.5) is 5.69 Å². The van der Waals surface area contributed by atoms with E-state index in [2.05, 4.69) is 42.1 Å². The zero-order valence-corrected chi connectivity index (χ0v) is 14.8. The molecule has 1 aliphatic rings. The van der Waals surface area contributed by atoms with E-state index in [4.69, 9.17) is 9.47 Å². The summed E-state index contributed by atoms with van der Waals surface area (Å²) in [5.74, 6) is 0.688. The van der Waals surface area contributed by atoms with E-state index in [0.717, 1.165) is 29.9 Å². The molecular formula is C16H25N3O2Si. The Morgan fingerprint density at radius 2 is 2.27 bits per heavy atom. The predicted octanol–water partition coefficient (Wildman–Crippen LogP) is 3.54. The Bertz CT molecular complexity index is 663. The molecule has 5 nitrogen and oxygen atoms in total. The third-order valence-corrected chi connectivity index (χ3v) is 5.53. The van der Waals surface area contributed by atoms with Crippen LogP contribution < -0.4 is 10.1 Å². The van der Waals surface area contributed by atoms with Gasteiger partial charge in [0, 0.05) is 26.3 Å². The van der Waals surface area contributed by atoms with Gasteiger partial charge in [0.2, 0.25) is 5.88 Å². The molecule has 0 amide bonds. The maximum Gasteiger partial charge on any atom is 0.239 e. The molecule has 1 N–H and O–H groups in total. The first-order chi connectivity index (χ1) is 10.4. The van der Waals surface area contributed by atoms with Crippen molar-refractivity contribution in [3.05, 3.63) is 18.3 Å².